The van der Waals surface area contributed by atoms with Crippen LogP contribution in [0.1, 0.15) is 12.8 Å². The van der Waals surface area contributed by atoms with Gasteiger partial charge >= 0.3 is 0 Å². The van der Waals surface area contributed by atoms with Crippen LogP contribution in [0.5, 0.6) is 0 Å². The summed E-state index contributed by atoms with van der Waals surface area (Å²) in [6, 6.07) is 0.340. The summed E-state index contributed by atoms with van der Waals surface area (Å²) >= 11 is 0. The van der Waals surface area contributed by atoms with Crippen LogP contribution in [0.25, 0.3) is 0 Å². The molecule has 0 spiro atoms. The van der Waals surface area contributed by atoms with E-state index in [4.69, 9.17) is 15.3 Å². The molecule has 0 amide bonds. The van der Waals surface area contributed by atoms with Gasteiger partial charge in [-0.1, -0.05) is 0 Å². The van der Waals surface area contributed by atoms with E-state index in [2.05, 4.69) is 5.43 Å². The molecule has 72 valence electrons. The molecule has 0 saturated carbocycles. The largest absolute Gasteiger partial charge is 0.385 e. The Kier molecular flexibility index (Phi) is 4.53. The third kappa shape index (κ3) is 2.71. The smallest absolute Gasteiger partial charge is 0.0510 e. The fourth-order valence-electron chi connectivity index (χ4n) is 1.57. The normalized spacial score (nSPS) is 26.0. The average molecular weight is 174 g/mol. The van der Waals surface area contributed by atoms with Gasteiger partial charge < -0.3 is 9.47 Å². The number of nitrogens with two attached hydrogens (primary N) is 1. The summed E-state index contributed by atoms with van der Waals surface area (Å²) in [7, 11) is 1.71. The molecule has 1 rings (SSSR count). The SMILES string of the molecule is COCCC(NN)C1CCOC1. The zero-order valence-electron chi connectivity index (χ0n) is 7.58. The molecule has 1 aliphatic rings. The van der Waals surface area contributed by atoms with Crippen LogP contribution in [0.3, 0.4) is 0 Å². The van der Waals surface area contributed by atoms with E-state index in [-0.39, 0.29) is 0 Å². The van der Waals surface area contributed by atoms with Crippen molar-refractivity contribution in [3.8, 4) is 0 Å². The lowest BCUT2D eigenvalue weighted by atomic mass is 9.97. The van der Waals surface area contributed by atoms with Crippen molar-refractivity contribution in [2.24, 2.45) is 11.8 Å². The van der Waals surface area contributed by atoms with Gasteiger partial charge in [-0.3, -0.25) is 11.3 Å². The Hall–Kier alpha value is -0.160. The lowest BCUT2D eigenvalue weighted by molar-refractivity contribution is 0.152. The van der Waals surface area contributed by atoms with Crippen LogP contribution in [0.4, 0.5) is 0 Å². The van der Waals surface area contributed by atoms with Gasteiger partial charge in [-0.25, -0.2) is 0 Å². The maximum absolute atomic E-state index is 5.43. The third-order valence-electron chi connectivity index (χ3n) is 2.38. The molecule has 0 radical (unpaired) electrons. The van der Waals surface area contributed by atoms with Gasteiger partial charge in [-0.05, 0) is 12.8 Å². The van der Waals surface area contributed by atoms with Crippen LogP contribution < -0.4 is 11.3 Å². The standard InChI is InChI=1S/C8H18N2O2/c1-11-4-3-8(10-9)7-2-5-12-6-7/h7-8,10H,2-6,9H2,1H3. The summed E-state index contributed by atoms with van der Waals surface area (Å²) in [4.78, 5) is 0. The molecule has 0 aromatic carbocycles. The highest BCUT2D eigenvalue weighted by Gasteiger charge is 2.24. The quantitative estimate of drug-likeness (QED) is 0.451. The molecular formula is C8H18N2O2. The Morgan fingerprint density at radius 3 is 3.08 bits per heavy atom. The van der Waals surface area contributed by atoms with E-state index < -0.39 is 0 Å². The molecule has 2 atom stereocenters. The van der Waals surface area contributed by atoms with Gasteiger partial charge in [0.1, 0.15) is 0 Å². The molecule has 1 fully saturated rings. The Labute approximate surface area is 73.4 Å². The Morgan fingerprint density at radius 1 is 1.75 bits per heavy atom. The van der Waals surface area contributed by atoms with Crippen LogP contribution in [0, 0.1) is 5.92 Å². The predicted octanol–water partition coefficient (Wildman–Crippen LogP) is -0.109. The highest BCUT2D eigenvalue weighted by molar-refractivity contribution is 4.77. The molecule has 1 heterocycles. The molecular weight excluding hydrogens is 156 g/mol. The molecule has 4 nitrogen and oxygen atoms in total. The lowest BCUT2D eigenvalue weighted by Gasteiger charge is -2.20. The summed E-state index contributed by atoms with van der Waals surface area (Å²) in [5.74, 6) is 5.99. The molecule has 0 aromatic rings. The second-order valence-electron chi connectivity index (χ2n) is 3.18. The van der Waals surface area contributed by atoms with Crippen molar-refractivity contribution in [2.45, 2.75) is 18.9 Å². The Bertz CT molecular complexity index is 116. The summed E-state index contributed by atoms with van der Waals surface area (Å²) in [6.45, 7) is 2.46. The molecule has 3 N–H and O–H groups in total. The van der Waals surface area contributed by atoms with Crippen LogP contribution in [0.15, 0.2) is 0 Å². The predicted molar refractivity (Wildman–Crippen MR) is 46.5 cm³/mol. The van der Waals surface area contributed by atoms with Gasteiger partial charge in [0.15, 0.2) is 0 Å². The number of hydrogen-bond acceptors (Lipinski definition) is 4. The van der Waals surface area contributed by atoms with Crippen LogP contribution in [-0.4, -0.2) is 33.0 Å². The van der Waals surface area contributed by atoms with E-state index in [0.717, 1.165) is 32.7 Å². The van der Waals surface area contributed by atoms with Crippen LogP contribution in [0.2, 0.25) is 0 Å². The average Bonchev–Trinajstić information content (AvgIpc) is 2.59. The summed E-state index contributed by atoms with van der Waals surface area (Å²) in [5.41, 5.74) is 2.82. The van der Waals surface area contributed by atoms with E-state index in [9.17, 15) is 0 Å². The van der Waals surface area contributed by atoms with Gasteiger partial charge in [0.25, 0.3) is 0 Å². The number of nitrogens with one attached hydrogen (secondary N) is 1. The zero-order valence-corrected chi connectivity index (χ0v) is 7.58. The van der Waals surface area contributed by atoms with Crippen molar-refractivity contribution in [3.63, 3.8) is 0 Å². The molecule has 0 bridgehead atoms. The number of methoxy groups -OCH3 is 1. The van der Waals surface area contributed by atoms with E-state index in [0.29, 0.717) is 12.0 Å². The van der Waals surface area contributed by atoms with Gasteiger partial charge in [0, 0.05) is 32.3 Å². The summed E-state index contributed by atoms with van der Waals surface area (Å²) in [6.07, 6.45) is 2.07. The minimum absolute atomic E-state index is 0.340. The molecule has 12 heavy (non-hydrogen) atoms. The monoisotopic (exact) mass is 174 g/mol. The molecule has 2 unspecified atom stereocenters. The zero-order chi connectivity index (χ0) is 8.81. The minimum atomic E-state index is 0.340. The van der Waals surface area contributed by atoms with Gasteiger partial charge in [0.05, 0.1) is 6.61 Å². The van der Waals surface area contributed by atoms with Crippen LogP contribution >= 0.6 is 0 Å². The number of hydrazine groups is 1. The fourth-order valence-corrected chi connectivity index (χ4v) is 1.57. The third-order valence-corrected chi connectivity index (χ3v) is 2.38. The number of hydrogen-bond donors (Lipinski definition) is 2. The van der Waals surface area contributed by atoms with Crippen molar-refractivity contribution in [3.05, 3.63) is 0 Å². The highest BCUT2D eigenvalue weighted by Crippen LogP contribution is 2.18. The van der Waals surface area contributed by atoms with Crippen LogP contribution in [-0.2, 0) is 9.47 Å². The van der Waals surface area contributed by atoms with E-state index >= 15 is 0 Å². The Morgan fingerprint density at radius 2 is 2.58 bits per heavy atom. The van der Waals surface area contributed by atoms with Gasteiger partial charge in [-0.2, -0.15) is 0 Å². The second kappa shape index (κ2) is 5.48. The minimum Gasteiger partial charge on any atom is -0.385 e. The first kappa shape index (κ1) is 9.92. The first-order valence-corrected chi connectivity index (χ1v) is 4.41. The molecule has 1 saturated heterocycles. The van der Waals surface area contributed by atoms with E-state index in [1.165, 1.54) is 0 Å². The first-order chi connectivity index (χ1) is 5.88. The van der Waals surface area contributed by atoms with Crippen molar-refractivity contribution < 1.29 is 9.47 Å². The van der Waals surface area contributed by atoms with E-state index in [1.807, 2.05) is 0 Å². The maximum atomic E-state index is 5.43. The fraction of sp³-hybridized carbons (Fsp3) is 1.00. The molecule has 4 heteroatoms. The van der Waals surface area contributed by atoms with Crippen molar-refractivity contribution in [2.75, 3.05) is 26.9 Å². The van der Waals surface area contributed by atoms with Crippen molar-refractivity contribution in [1.29, 1.82) is 0 Å². The topological polar surface area (TPSA) is 56.5 Å². The molecule has 1 aliphatic heterocycles. The summed E-state index contributed by atoms with van der Waals surface area (Å²) in [5, 5.41) is 0. The Balaban J connectivity index is 2.22. The molecule has 0 aromatic heterocycles. The maximum Gasteiger partial charge on any atom is 0.0510 e. The number of ether oxygens (including phenoxy) is 2. The molecule has 0 aliphatic carbocycles. The highest BCUT2D eigenvalue weighted by atomic mass is 16.5. The van der Waals surface area contributed by atoms with Gasteiger partial charge in [-0.15, -0.1) is 0 Å². The van der Waals surface area contributed by atoms with E-state index in [1.54, 1.807) is 7.11 Å². The summed E-state index contributed by atoms with van der Waals surface area (Å²) < 4.78 is 10.3. The number of rotatable bonds is 5. The van der Waals surface area contributed by atoms with Gasteiger partial charge in [0.2, 0.25) is 0 Å². The van der Waals surface area contributed by atoms with Crippen molar-refractivity contribution in [1.82, 2.24) is 5.43 Å². The lowest BCUT2D eigenvalue weighted by Crippen LogP contribution is -2.41. The second-order valence-corrected chi connectivity index (χ2v) is 3.18. The first-order valence-electron chi connectivity index (χ1n) is 4.41. The van der Waals surface area contributed by atoms with Crippen molar-refractivity contribution >= 4 is 0 Å².